The van der Waals surface area contributed by atoms with Crippen LogP contribution in [0.25, 0.3) is 11.1 Å². The Kier molecular flexibility index (Phi) is 8.09. The number of amides is 2. The lowest BCUT2D eigenvalue weighted by atomic mass is 9.99. The van der Waals surface area contributed by atoms with Crippen LogP contribution in [0.3, 0.4) is 0 Å². The molecule has 2 amide bonds. The number of carbonyl (C=O) groups is 2. The van der Waals surface area contributed by atoms with Crippen molar-refractivity contribution in [3.05, 3.63) is 118 Å². The van der Waals surface area contributed by atoms with Gasteiger partial charge in [0.2, 0.25) is 0 Å². The Morgan fingerprint density at radius 1 is 0.583 bits per heavy atom. The summed E-state index contributed by atoms with van der Waals surface area (Å²) in [5, 5.41) is 5.96. The van der Waals surface area contributed by atoms with Crippen molar-refractivity contribution in [3.63, 3.8) is 0 Å². The fourth-order valence-corrected chi connectivity index (χ4v) is 4.20. The Labute approximate surface area is 221 Å². The van der Waals surface area contributed by atoms with Crippen LogP contribution in [0.15, 0.2) is 84.9 Å². The predicted molar refractivity (Wildman–Crippen MR) is 149 cm³/mol. The normalized spacial score (nSPS) is 10.7. The second-order valence-electron chi connectivity index (χ2n) is 8.63. The van der Waals surface area contributed by atoms with Crippen molar-refractivity contribution in [3.8, 4) is 11.1 Å². The van der Waals surface area contributed by atoms with Gasteiger partial charge in [0.15, 0.2) is 0 Å². The van der Waals surface area contributed by atoms with Gasteiger partial charge in [-0.25, -0.2) is 0 Å². The summed E-state index contributed by atoms with van der Waals surface area (Å²) in [4.78, 5) is 25.3. The second-order valence-corrected chi connectivity index (χ2v) is 9.16. The lowest BCUT2D eigenvalue weighted by Crippen LogP contribution is -2.13. The van der Waals surface area contributed by atoms with Crippen LogP contribution >= 0.6 is 23.2 Å². The maximum Gasteiger partial charge on any atom is 0.255 e. The number of alkyl halides is 2. The summed E-state index contributed by atoms with van der Waals surface area (Å²) in [5.41, 5.74) is 8.56. The van der Waals surface area contributed by atoms with Gasteiger partial charge < -0.3 is 10.6 Å². The van der Waals surface area contributed by atoms with Gasteiger partial charge in [0.1, 0.15) is 0 Å². The van der Waals surface area contributed by atoms with Crippen LogP contribution in [0.5, 0.6) is 0 Å². The summed E-state index contributed by atoms with van der Waals surface area (Å²) >= 11 is 11.7. The Balaban J connectivity index is 1.46. The first-order chi connectivity index (χ1) is 17.4. The van der Waals surface area contributed by atoms with E-state index in [9.17, 15) is 9.59 Å². The summed E-state index contributed by atoms with van der Waals surface area (Å²) in [6.07, 6.45) is 0. The van der Waals surface area contributed by atoms with Gasteiger partial charge in [-0.15, -0.1) is 23.2 Å². The van der Waals surface area contributed by atoms with E-state index in [1.54, 1.807) is 24.3 Å². The van der Waals surface area contributed by atoms with Gasteiger partial charge in [0.25, 0.3) is 11.8 Å². The van der Waals surface area contributed by atoms with Gasteiger partial charge in [-0.3, -0.25) is 9.59 Å². The Bertz CT molecular complexity index is 1290. The zero-order valence-electron chi connectivity index (χ0n) is 20.1. The van der Waals surface area contributed by atoms with Crippen LogP contribution < -0.4 is 10.6 Å². The number of hydrogen-bond donors (Lipinski definition) is 2. The predicted octanol–water partition coefficient (Wildman–Crippen LogP) is 7.95. The minimum Gasteiger partial charge on any atom is -0.322 e. The Morgan fingerprint density at radius 3 is 1.25 bits per heavy atom. The lowest BCUT2D eigenvalue weighted by molar-refractivity contribution is 0.101. The first-order valence-electron chi connectivity index (χ1n) is 11.5. The number of rotatable bonds is 7. The highest BCUT2D eigenvalue weighted by Gasteiger charge is 2.11. The van der Waals surface area contributed by atoms with E-state index in [1.807, 2.05) is 74.5 Å². The third-order valence-corrected chi connectivity index (χ3v) is 6.64. The summed E-state index contributed by atoms with van der Waals surface area (Å²) < 4.78 is 0. The lowest BCUT2D eigenvalue weighted by Gasteiger charge is -2.13. The molecule has 0 heterocycles. The van der Waals surface area contributed by atoms with Crippen molar-refractivity contribution >= 4 is 46.4 Å². The second kappa shape index (κ2) is 11.4. The number of benzene rings is 4. The molecule has 0 radical (unpaired) electrons. The standard InChI is InChI=1S/C30H26Cl2N2O2/c1-19-15-25(11-13-27(19)33-29(35)23-7-3-21(17-31)4-8-23)26-12-14-28(20(2)16-26)34-30(36)24-9-5-22(18-32)6-10-24/h3-16H,17-18H2,1-2H3,(H,33,35)(H,34,36). The molecule has 0 atom stereocenters. The topological polar surface area (TPSA) is 58.2 Å². The summed E-state index contributed by atoms with van der Waals surface area (Å²) in [6, 6.07) is 26.3. The average molecular weight is 517 g/mol. The molecule has 4 aromatic carbocycles. The fourth-order valence-electron chi connectivity index (χ4n) is 3.85. The zero-order valence-corrected chi connectivity index (χ0v) is 21.6. The van der Waals surface area contributed by atoms with E-state index in [-0.39, 0.29) is 11.8 Å². The smallest absolute Gasteiger partial charge is 0.255 e. The number of anilines is 2. The number of halogens is 2. The van der Waals surface area contributed by atoms with Crippen LogP contribution in [0.2, 0.25) is 0 Å². The Hall–Kier alpha value is -3.60. The molecule has 36 heavy (non-hydrogen) atoms. The van der Waals surface area contributed by atoms with Crippen LogP contribution in [0, 0.1) is 13.8 Å². The van der Waals surface area contributed by atoms with Crippen molar-refractivity contribution < 1.29 is 9.59 Å². The summed E-state index contributed by atoms with van der Waals surface area (Å²) in [6.45, 7) is 3.93. The van der Waals surface area contributed by atoms with Crippen molar-refractivity contribution in [1.29, 1.82) is 0 Å². The highest BCUT2D eigenvalue weighted by Crippen LogP contribution is 2.28. The van der Waals surface area contributed by atoms with Crippen LogP contribution in [0.1, 0.15) is 43.0 Å². The minimum absolute atomic E-state index is 0.166. The average Bonchev–Trinajstić information content (AvgIpc) is 2.91. The summed E-state index contributed by atoms with van der Waals surface area (Å²) in [7, 11) is 0. The van der Waals surface area contributed by atoms with Crippen LogP contribution in [0.4, 0.5) is 11.4 Å². The maximum atomic E-state index is 12.6. The van der Waals surface area contributed by atoms with E-state index < -0.39 is 0 Å². The Morgan fingerprint density at radius 2 is 0.944 bits per heavy atom. The van der Waals surface area contributed by atoms with E-state index in [0.717, 1.165) is 44.8 Å². The molecular formula is C30H26Cl2N2O2. The molecule has 4 aromatic rings. The van der Waals surface area contributed by atoms with Crippen LogP contribution in [-0.2, 0) is 11.8 Å². The molecule has 182 valence electrons. The number of aryl methyl sites for hydroxylation is 2. The van der Waals surface area contributed by atoms with E-state index in [2.05, 4.69) is 10.6 Å². The van der Waals surface area contributed by atoms with Crippen molar-refractivity contribution in [2.24, 2.45) is 0 Å². The minimum atomic E-state index is -0.166. The SMILES string of the molecule is Cc1cc(-c2ccc(NC(=O)c3ccc(CCl)cc3)c(C)c2)ccc1NC(=O)c1ccc(CCl)cc1. The van der Waals surface area contributed by atoms with Crippen molar-refractivity contribution in [2.45, 2.75) is 25.6 Å². The van der Waals surface area contributed by atoms with Crippen LogP contribution in [-0.4, -0.2) is 11.8 Å². The number of carbonyl (C=O) groups excluding carboxylic acids is 2. The first-order valence-corrected chi connectivity index (χ1v) is 12.6. The third kappa shape index (κ3) is 5.96. The third-order valence-electron chi connectivity index (χ3n) is 6.02. The molecule has 0 aliphatic carbocycles. The number of hydrogen-bond acceptors (Lipinski definition) is 2. The largest absolute Gasteiger partial charge is 0.322 e. The van der Waals surface area contributed by atoms with Crippen molar-refractivity contribution in [1.82, 2.24) is 0 Å². The van der Waals surface area contributed by atoms with Gasteiger partial charge in [-0.2, -0.15) is 0 Å². The highest BCUT2D eigenvalue weighted by molar-refractivity contribution is 6.17. The molecule has 0 spiro atoms. The molecule has 0 aliphatic heterocycles. The van der Waals surface area contributed by atoms with Gasteiger partial charge in [0, 0.05) is 34.3 Å². The zero-order chi connectivity index (χ0) is 25.7. The molecule has 0 saturated carbocycles. The van der Waals surface area contributed by atoms with Gasteiger partial charge in [0.05, 0.1) is 0 Å². The number of nitrogens with one attached hydrogen (secondary N) is 2. The van der Waals surface area contributed by atoms with E-state index in [4.69, 9.17) is 23.2 Å². The van der Waals surface area contributed by atoms with Gasteiger partial charge in [-0.05, 0) is 95.8 Å². The molecule has 0 saturated heterocycles. The van der Waals surface area contributed by atoms with Gasteiger partial charge in [-0.1, -0.05) is 36.4 Å². The molecule has 0 bridgehead atoms. The van der Waals surface area contributed by atoms with E-state index >= 15 is 0 Å². The maximum absolute atomic E-state index is 12.6. The van der Waals surface area contributed by atoms with Gasteiger partial charge >= 0.3 is 0 Å². The summed E-state index contributed by atoms with van der Waals surface area (Å²) in [5.74, 6) is 0.497. The molecule has 4 rings (SSSR count). The molecule has 0 fully saturated rings. The van der Waals surface area contributed by atoms with E-state index in [1.165, 1.54) is 0 Å². The molecule has 0 aliphatic rings. The monoisotopic (exact) mass is 516 g/mol. The molecular weight excluding hydrogens is 491 g/mol. The highest BCUT2D eigenvalue weighted by atomic mass is 35.5. The molecule has 0 unspecified atom stereocenters. The first kappa shape index (κ1) is 25.5. The fraction of sp³-hybridized carbons (Fsp3) is 0.133. The quantitative estimate of drug-likeness (QED) is 0.245. The molecule has 6 heteroatoms. The molecule has 4 nitrogen and oxygen atoms in total. The van der Waals surface area contributed by atoms with Crippen molar-refractivity contribution in [2.75, 3.05) is 10.6 Å². The molecule has 2 N–H and O–H groups in total. The van der Waals surface area contributed by atoms with E-state index in [0.29, 0.717) is 22.9 Å². The molecule has 0 aromatic heterocycles.